The molecule has 16 heavy (non-hydrogen) atoms. The number of hydrogen-bond acceptors (Lipinski definition) is 3. The van der Waals surface area contributed by atoms with E-state index in [2.05, 4.69) is 26.8 Å². The summed E-state index contributed by atoms with van der Waals surface area (Å²) in [5, 5.41) is 9.18. The summed E-state index contributed by atoms with van der Waals surface area (Å²) in [5.74, 6) is 0.237. The van der Waals surface area contributed by atoms with Gasteiger partial charge in [0.1, 0.15) is 0 Å². The van der Waals surface area contributed by atoms with Crippen molar-refractivity contribution >= 4 is 5.97 Å². The lowest BCUT2D eigenvalue weighted by Crippen LogP contribution is -2.37. The number of nitrogens with zero attached hydrogens (tertiary/aromatic N) is 1. The Morgan fingerprint density at radius 2 is 1.88 bits per heavy atom. The number of nitriles is 1. The fraction of sp³-hybridized carbons (Fsp3) is 0.846. The van der Waals surface area contributed by atoms with Crippen LogP contribution in [0.3, 0.4) is 0 Å². The quantitative estimate of drug-likeness (QED) is 0.642. The summed E-state index contributed by atoms with van der Waals surface area (Å²) in [4.78, 5) is 11.6. The number of esters is 1. The predicted octanol–water partition coefficient (Wildman–Crippen LogP) is 2.91. The highest BCUT2D eigenvalue weighted by Crippen LogP contribution is 2.45. The first kappa shape index (κ1) is 13.0. The van der Waals surface area contributed by atoms with Gasteiger partial charge < -0.3 is 4.74 Å². The van der Waals surface area contributed by atoms with Crippen LogP contribution in [0.4, 0.5) is 0 Å². The second-order valence-corrected chi connectivity index (χ2v) is 5.83. The summed E-state index contributed by atoms with van der Waals surface area (Å²) < 4.78 is 4.74. The van der Waals surface area contributed by atoms with Crippen LogP contribution in [0.25, 0.3) is 0 Å². The number of rotatable bonds is 1. The number of hydrogen-bond donors (Lipinski definition) is 0. The van der Waals surface area contributed by atoms with Gasteiger partial charge in [0.15, 0.2) is 5.41 Å². The summed E-state index contributed by atoms with van der Waals surface area (Å²) in [6, 6.07) is 2.17. The van der Waals surface area contributed by atoms with Crippen molar-refractivity contribution in [1.29, 1.82) is 5.26 Å². The molecule has 0 atom stereocenters. The van der Waals surface area contributed by atoms with Crippen LogP contribution < -0.4 is 0 Å². The van der Waals surface area contributed by atoms with E-state index >= 15 is 0 Å². The Kier molecular flexibility index (Phi) is 3.62. The van der Waals surface area contributed by atoms with Crippen molar-refractivity contribution in [3.63, 3.8) is 0 Å². The maximum atomic E-state index is 11.6. The van der Waals surface area contributed by atoms with Gasteiger partial charge in [-0.2, -0.15) is 5.26 Å². The predicted molar refractivity (Wildman–Crippen MR) is 61.5 cm³/mol. The molecular weight excluding hydrogens is 202 g/mol. The summed E-state index contributed by atoms with van der Waals surface area (Å²) in [5.41, 5.74) is -0.617. The van der Waals surface area contributed by atoms with Crippen molar-refractivity contribution in [1.82, 2.24) is 0 Å². The Hall–Kier alpha value is -1.04. The van der Waals surface area contributed by atoms with Gasteiger partial charge in [0.05, 0.1) is 13.2 Å². The molecule has 0 aromatic carbocycles. The van der Waals surface area contributed by atoms with Crippen LogP contribution in [0, 0.1) is 28.1 Å². The second-order valence-electron chi connectivity index (χ2n) is 5.83. The van der Waals surface area contributed by atoms with Gasteiger partial charge in [-0.3, -0.25) is 4.79 Å². The standard InChI is InChI=1S/C13H21NO2/c1-12(2,3)10-5-7-13(9-14,8-6-10)11(15)16-4/h10H,5-8H2,1-4H3. The molecule has 0 bridgehead atoms. The zero-order chi connectivity index (χ0) is 12.4. The molecule has 0 amide bonds. The van der Waals surface area contributed by atoms with Gasteiger partial charge in [-0.05, 0) is 37.0 Å². The number of carbonyl (C=O) groups is 1. The minimum absolute atomic E-state index is 0.262. The van der Waals surface area contributed by atoms with Crippen LogP contribution >= 0.6 is 0 Å². The average Bonchev–Trinajstić information content (AvgIpc) is 2.26. The molecule has 0 saturated heterocycles. The molecule has 1 saturated carbocycles. The molecular formula is C13H21NO2. The van der Waals surface area contributed by atoms with Crippen molar-refractivity contribution in [3.8, 4) is 6.07 Å². The first-order valence-corrected chi connectivity index (χ1v) is 5.85. The Labute approximate surface area is 97.8 Å². The topological polar surface area (TPSA) is 50.1 Å². The molecule has 0 N–H and O–H groups in total. The Morgan fingerprint density at radius 1 is 1.38 bits per heavy atom. The fourth-order valence-electron chi connectivity index (χ4n) is 2.53. The highest BCUT2D eigenvalue weighted by Gasteiger charge is 2.45. The van der Waals surface area contributed by atoms with E-state index in [4.69, 9.17) is 4.74 Å². The van der Waals surface area contributed by atoms with E-state index in [9.17, 15) is 10.1 Å². The molecule has 3 nitrogen and oxygen atoms in total. The molecule has 1 fully saturated rings. The van der Waals surface area contributed by atoms with Gasteiger partial charge in [-0.15, -0.1) is 0 Å². The summed E-state index contributed by atoms with van der Waals surface area (Å²) in [6.45, 7) is 6.65. The molecule has 0 spiro atoms. The van der Waals surface area contributed by atoms with Crippen LogP contribution in [0.2, 0.25) is 0 Å². The molecule has 3 heteroatoms. The largest absolute Gasteiger partial charge is 0.468 e. The van der Waals surface area contributed by atoms with E-state index in [1.165, 1.54) is 7.11 Å². The Bertz CT molecular complexity index is 301. The molecule has 0 heterocycles. The van der Waals surface area contributed by atoms with E-state index in [1.807, 2.05) is 0 Å². The zero-order valence-corrected chi connectivity index (χ0v) is 10.7. The average molecular weight is 223 g/mol. The van der Waals surface area contributed by atoms with Gasteiger partial charge in [0.2, 0.25) is 0 Å². The van der Waals surface area contributed by atoms with Crippen LogP contribution in [0.1, 0.15) is 46.5 Å². The molecule has 0 aromatic heterocycles. The van der Waals surface area contributed by atoms with E-state index in [0.29, 0.717) is 18.8 Å². The molecule has 1 aliphatic rings. The minimum Gasteiger partial charge on any atom is -0.468 e. The van der Waals surface area contributed by atoms with Crippen LogP contribution in [0.5, 0.6) is 0 Å². The van der Waals surface area contributed by atoms with Crippen molar-refractivity contribution in [3.05, 3.63) is 0 Å². The van der Waals surface area contributed by atoms with Crippen molar-refractivity contribution in [2.45, 2.75) is 46.5 Å². The van der Waals surface area contributed by atoms with Crippen molar-refractivity contribution < 1.29 is 9.53 Å². The fourth-order valence-corrected chi connectivity index (χ4v) is 2.53. The van der Waals surface area contributed by atoms with Crippen molar-refractivity contribution in [2.75, 3.05) is 7.11 Å². The van der Waals surface area contributed by atoms with Crippen LogP contribution in [-0.2, 0) is 9.53 Å². The van der Waals surface area contributed by atoms with Gasteiger partial charge in [0.25, 0.3) is 0 Å². The third-order valence-electron chi connectivity index (χ3n) is 3.85. The van der Waals surface area contributed by atoms with E-state index in [1.54, 1.807) is 0 Å². The number of ether oxygens (including phenoxy) is 1. The summed E-state index contributed by atoms with van der Waals surface area (Å²) >= 11 is 0. The summed E-state index contributed by atoms with van der Waals surface area (Å²) in [7, 11) is 1.36. The van der Waals surface area contributed by atoms with Gasteiger partial charge in [-0.25, -0.2) is 0 Å². The highest BCUT2D eigenvalue weighted by atomic mass is 16.5. The Morgan fingerprint density at radius 3 is 2.19 bits per heavy atom. The maximum Gasteiger partial charge on any atom is 0.326 e. The zero-order valence-electron chi connectivity index (χ0n) is 10.7. The molecule has 90 valence electrons. The molecule has 1 rings (SSSR count). The Balaban J connectivity index is 2.73. The monoisotopic (exact) mass is 223 g/mol. The molecule has 0 aliphatic heterocycles. The van der Waals surface area contributed by atoms with Gasteiger partial charge in [-0.1, -0.05) is 20.8 Å². The first-order valence-electron chi connectivity index (χ1n) is 5.85. The van der Waals surface area contributed by atoms with E-state index < -0.39 is 5.41 Å². The molecule has 0 radical (unpaired) electrons. The van der Waals surface area contributed by atoms with E-state index in [0.717, 1.165) is 12.8 Å². The molecule has 1 aliphatic carbocycles. The lowest BCUT2D eigenvalue weighted by atomic mass is 9.64. The minimum atomic E-state index is -0.878. The smallest absolute Gasteiger partial charge is 0.326 e. The normalized spacial score (nSPS) is 30.6. The first-order chi connectivity index (χ1) is 7.35. The van der Waals surface area contributed by atoms with Crippen LogP contribution in [0.15, 0.2) is 0 Å². The lowest BCUT2D eigenvalue weighted by molar-refractivity contribution is -0.151. The second kappa shape index (κ2) is 4.45. The maximum absolute atomic E-state index is 11.6. The van der Waals surface area contributed by atoms with Crippen LogP contribution in [-0.4, -0.2) is 13.1 Å². The number of carbonyl (C=O) groups excluding carboxylic acids is 1. The van der Waals surface area contributed by atoms with Gasteiger partial charge in [0, 0.05) is 0 Å². The highest BCUT2D eigenvalue weighted by molar-refractivity contribution is 5.80. The van der Waals surface area contributed by atoms with E-state index in [-0.39, 0.29) is 11.4 Å². The summed E-state index contributed by atoms with van der Waals surface area (Å²) in [6.07, 6.45) is 3.15. The third-order valence-corrected chi connectivity index (χ3v) is 3.85. The molecule has 0 aromatic rings. The van der Waals surface area contributed by atoms with Crippen molar-refractivity contribution in [2.24, 2.45) is 16.7 Å². The van der Waals surface area contributed by atoms with Gasteiger partial charge >= 0.3 is 5.97 Å². The number of methoxy groups -OCH3 is 1. The lowest BCUT2D eigenvalue weighted by Gasteiger charge is -2.39. The third kappa shape index (κ3) is 2.37. The molecule has 0 unspecified atom stereocenters. The SMILES string of the molecule is COC(=O)C1(C#N)CCC(C(C)(C)C)CC1.